The Bertz CT molecular complexity index is 502. The molecule has 0 unspecified atom stereocenters. The van der Waals surface area contributed by atoms with Crippen molar-refractivity contribution in [2.45, 2.75) is 25.7 Å². The lowest BCUT2D eigenvalue weighted by Gasteiger charge is -1.98. The summed E-state index contributed by atoms with van der Waals surface area (Å²) in [4.78, 5) is 9.63. The average molecular weight is 225 g/mol. The third-order valence-electron chi connectivity index (χ3n) is 2.55. The Balaban J connectivity index is 2.33. The van der Waals surface area contributed by atoms with Gasteiger partial charge in [-0.05, 0) is 36.6 Å². The maximum atomic E-state index is 6.14. The van der Waals surface area contributed by atoms with Gasteiger partial charge < -0.3 is 0 Å². The molecule has 0 bridgehead atoms. The van der Waals surface area contributed by atoms with Crippen LogP contribution in [0.25, 0.3) is 10.2 Å². The van der Waals surface area contributed by atoms with Gasteiger partial charge in [-0.3, -0.25) is 0 Å². The molecule has 1 fully saturated rings. The van der Waals surface area contributed by atoms with Gasteiger partial charge in [0.25, 0.3) is 0 Å². The first kappa shape index (κ1) is 8.62. The summed E-state index contributed by atoms with van der Waals surface area (Å²) in [6.45, 7) is 1.88. The first-order valence-electron chi connectivity index (χ1n) is 4.67. The first-order valence-corrected chi connectivity index (χ1v) is 5.92. The molecule has 14 heavy (non-hydrogen) atoms. The molecule has 0 spiro atoms. The number of halogens is 1. The fourth-order valence-corrected chi connectivity index (χ4v) is 3.16. The van der Waals surface area contributed by atoms with Crippen LogP contribution in [-0.4, -0.2) is 9.97 Å². The highest BCUT2D eigenvalue weighted by molar-refractivity contribution is 7.17. The Morgan fingerprint density at radius 3 is 2.93 bits per heavy atom. The number of thiophene rings is 1. The zero-order valence-corrected chi connectivity index (χ0v) is 9.32. The highest BCUT2D eigenvalue weighted by Gasteiger charge is 2.27. The quantitative estimate of drug-likeness (QED) is 0.693. The molecule has 0 atom stereocenters. The third kappa shape index (κ3) is 1.23. The molecule has 2 nitrogen and oxygen atoms in total. The van der Waals surface area contributed by atoms with Gasteiger partial charge in [-0.2, -0.15) is 0 Å². The van der Waals surface area contributed by atoms with Crippen LogP contribution in [0.2, 0.25) is 5.15 Å². The molecule has 1 aliphatic rings. The van der Waals surface area contributed by atoms with Crippen LogP contribution < -0.4 is 0 Å². The van der Waals surface area contributed by atoms with Crippen molar-refractivity contribution >= 4 is 33.2 Å². The van der Waals surface area contributed by atoms with Crippen molar-refractivity contribution in [3.05, 3.63) is 21.9 Å². The summed E-state index contributed by atoms with van der Waals surface area (Å²) >= 11 is 7.81. The summed E-state index contributed by atoms with van der Waals surface area (Å²) in [5.41, 5.74) is 1.36. The zero-order chi connectivity index (χ0) is 9.71. The molecule has 0 N–H and O–H groups in total. The molecule has 0 amide bonds. The van der Waals surface area contributed by atoms with Gasteiger partial charge in [0.2, 0.25) is 0 Å². The van der Waals surface area contributed by atoms with E-state index in [4.69, 9.17) is 11.6 Å². The highest BCUT2D eigenvalue weighted by Crippen LogP contribution is 2.46. The van der Waals surface area contributed by atoms with Gasteiger partial charge in [-0.15, -0.1) is 11.3 Å². The number of fused-ring (bicyclic) bond motifs is 1. The summed E-state index contributed by atoms with van der Waals surface area (Å²) in [7, 11) is 0. The molecule has 0 aliphatic heterocycles. The minimum atomic E-state index is 0.621. The Morgan fingerprint density at radius 1 is 1.43 bits per heavy atom. The molecule has 1 saturated carbocycles. The lowest BCUT2D eigenvalue weighted by Crippen LogP contribution is -1.88. The van der Waals surface area contributed by atoms with Crippen molar-refractivity contribution < 1.29 is 0 Å². The maximum Gasteiger partial charge on any atom is 0.141 e. The zero-order valence-electron chi connectivity index (χ0n) is 7.75. The van der Waals surface area contributed by atoms with Crippen LogP contribution in [0.4, 0.5) is 0 Å². The fourth-order valence-electron chi connectivity index (χ4n) is 1.71. The van der Waals surface area contributed by atoms with E-state index in [1.807, 2.05) is 6.92 Å². The summed E-state index contributed by atoms with van der Waals surface area (Å²) in [5.74, 6) is 1.47. The van der Waals surface area contributed by atoms with Crippen LogP contribution in [0, 0.1) is 6.92 Å². The van der Waals surface area contributed by atoms with Crippen molar-refractivity contribution in [3.8, 4) is 0 Å². The molecule has 72 valence electrons. The van der Waals surface area contributed by atoms with Crippen LogP contribution >= 0.6 is 22.9 Å². The van der Waals surface area contributed by atoms with E-state index in [0.717, 1.165) is 16.0 Å². The fraction of sp³-hybridized carbons (Fsp3) is 0.400. The summed E-state index contributed by atoms with van der Waals surface area (Å²) in [6, 6.07) is 0. The first-order chi connectivity index (χ1) is 6.75. The minimum Gasteiger partial charge on any atom is -0.222 e. The number of hydrogen-bond acceptors (Lipinski definition) is 3. The van der Waals surface area contributed by atoms with E-state index in [1.54, 1.807) is 11.3 Å². The Labute approximate surface area is 90.9 Å². The molecule has 4 heteroatoms. The van der Waals surface area contributed by atoms with Crippen LogP contribution in [0.5, 0.6) is 0 Å². The molecule has 0 radical (unpaired) electrons. The van der Waals surface area contributed by atoms with Gasteiger partial charge in [0.15, 0.2) is 0 Å². The molecule has 2 aromatic rings. The highest BCUT2D eigenvalue weighted by atomic mass is 35.5. The molecule has 3 rings (SSSR count). The molecule has 1 aliphatic carbocycles. The monoisotopic (exact) mass is 224 g/mol. The molecule has 0 aromatic carbocycles. The van der Waals surface area contributed by atoms with E-state index >= 15 is 0 Å². The second kappa shape index (κ2) is 2.91. The number of hydrogen-bond donors (Lipinski definition) is 0. The summed E-state index contributed by atoms with van der Waals surface area (Å²) in [5, 5.41) is 3.89. The van der Waals surface area contributed by atoms with Crippen molar-refractivity contribution in [3.63, 3.8) is 0 Å². The largest absolute Gasteiger partial charge is 0.222 e. The van der Waals surface area contributed by atoms with E-state index in [-0.39, 0.29) is 0 Å². The number of rotatable bonds is 1. The van der Waals surface area contributed by atoms with Gasteiger partial charge in [-0.1, -0.05) is 11.6 Å². The van der Waals surface area contributed by atoms with E-state index < -0.39 is 0 Å². The van der Waals surface area contributed by atoms with E-state index in [0.29, 0.717) is 11.1 Å². The second-order valence-corrected chi connectivity index (χ2v) is 4.92. The van der Waals surface area contributed by atoms with Crippen LogP contribution in [0.3, 0.4) is 0 Å². The van der Waals surface area contributed by atoms with Gasteiger partial charge >= 0.3 is 0 Å². The van der Waals surface area contributed by atoms with E-state index in [2.05, 4.69) is 15.3 Å². The van der Waals surface area contributed by atoms with Crippen LogP contribution in [0.15, 0.2) is 5.38 Å². The van der Waals surface area contributed by atoms with Crippen molar-refractivity contribution in [2.24, 2.45) is 0 Å². The van der Waals surface area contributed by atoms with Crippen molar-refractivity contribution in [2.75, 3.05) is 0 Å². The van der Waals surface area contributed by atoms with Gasteiger partial charge in [0.1, 0.15) is 15.8 Å². The van der Waals surface area contributed by atoms with Crippen LogP contribution in [-0.2, 0) is 0 Å². The van der Waals surface area contributed by atoms with E-state index in [1.165, 1.54) is 18.4 Å². The Kier molecular flexibility index (Phi) is 1.79. The molecule has 0 saturated heterocycles. The molecule has 2 heterocycles. The molecular formula is C10H9ClN2S. The standard InChI is InChI=1S/C10H9ClN2S/c1-5-12-9(11)8-7(6-2-3-6)4-14-10(8)13-5/h4,6H,2-3H2,1H3. The van der Waals surface area contributed by atoms with Crippen molar-refractivity contribution in [1.29, 1.82) is 0 Å². The molecular weight excluding hydrogens is 216 g/mol. The summed E-state index contributed by atoms with van der Waals surface area (Å²) in [6.07, 6.45) is 2.58. The van der Waals surface area contributed by atoms with Gasteiger partial charge in [-0.25, -0.2) is 9.97 Å². The topological polar surface area (TPSA) is 25.8 Å². The smallest absolute Gasteiger partial charge is 0.141 e. The normalized spacial score (nSPS) is 16.4. The Hall–Kier alpha value is -0.670. The van der Waals surface area contributed by atoms with Crippen LogP contribution in [0.1, 0.15) is 30.1 Å². The number of aromatic nitrogens is 2. The third-order valence-corrected chi connectivity index (χ3v) is 3.71. The Morgan fingerprint density at radius 2 is 2.21 bits per heavy atom. The SMILES string of the molecule is Cc1nc(Cl)c2c(C3CC3)csc2n1. The summed E-state index contributed by atoms with van der Waals surface area (Å²) < 4.78 is 0. The average Bonchev–Trinajstić information content (AvgIpc) is 2.87. The lowest BCUT2D eigenvalue weighted by molar-refractivity contribution is 1.09. The number of aryl methyl sites for hydroxylation is 1. The predicted molar refractivity (Wildman–Crippen MR) is 59.1 cm³/mol. The molecule has 2 aromatic heterocycles. The number of nitrogens with zero attached hydrogens (tertiary/aromatic N) is 2. The second-order valence-electron chi connectivity index (χ2n) is 3.71. The minimum absolute atomic E-state index is 0.621. The van der Waals surface area contributed by atoms with Gasteiger partial charge in [0.05, 0.1) is 5.39 Å². The van der Waals surface area contributed by atoms with Crippen molar-refractivity contribution in [1.82, 2.24) is 9.97 Å². The predicted octanol–water partition coefficient (Wildman–Crippen LogP) is 3.53. The van der Waals surface area contributed by atoms with Gasteiger partial charge in [0, 0.05) is 0 Å². The van der Waals surface area contributed by atoms with E-state index in [9.17, 15) is 0 Å². The maximum absolute atomic E-state index is 6.14. The lowest BCUT2D eigenvalue weighted by atomic mass is 10.1.